The van der Waals surface area contributed by atoms with Crippen LogP contribution in [0.2, 0.25) is 0 Å². The first-order chi connectivity index (χ1) is 16.4. The first kappa shape index (κ1) is 22.9. The smallest absolute Gasteiger partial charge is 0.291 e. The van der Waals surface area contributed by atoms with E-state index in [0.717, 1.165) is 10.9 Å². The molecule has 0 radical (unpaired) electrons. The number of carbonyl (C=O) groups excluding carboxylic acids is 2. The second-order valence-corrected chi connectivity index (χ2v) is 8.16. The van der Waals surface area contributed by atoms with Gasteiger partial charge in [-0.1, -0.05) is 56.3 Å². The Morgan fingerprint density at radius 1 is 0.941 bits per heavy atom. The molecule has 0 aliphatic heterocycles. The fraction of sp³-hybridized carbons (Fsp3) is 0.143. The highest BCUT2D eigenvalue weighted by Crippen LogP contribution is 2.29. The van der Waals surface area contributed by atoms with Gasteiger partial charge in [0, 0.05) is 23.2 Å². The summed E-state index contributed by atoms with van der Waals surface area (Å²) in [6.45, 7) is 4.28. The van der Waals surface area contributed by atoms with Gasteiger partial charge in [-0.15, -0.1) is 0 Å². The maximum absolute atomic E-state index is 12.7. The molecule has 6 nitrogen and oxygen atoms in total. The standard InChI is InChI=1S/C28H26N2O4/c1-18(2)20-11-8-19(9-12-20)10-15-27(31)29-22-13-14-23(25(17-22)33-3)30-28(32)26-16-21-6-4-5-7-24(21)34-26/h4-18H,1-3H3,(H,29,31)(H,30,32)/b15-10+. The fourth-order valence-corrected chi connectivity index (χ4v) is 3.50. The number of methoxy groups -OCH3 is 1. The van der Waals surface area contributed by atoms with E-state index in [0.29, 0.717) is 28.6 Å². The molecule has 2 amide bonds. The van der Waals surface area contributed by atoms with Crippen molar-refractivity contribution in [1.82, 2.24) is 0 Å². The largest absolute Gasteiger partial charge is 0.494 e. The number of furan rings is 1. The summed E-state index contributed by atoms with van der Waals surface area (Å²) in [6, 6.07) is 22.2. The summed E-state index contributed by atoms with van der Waals surface area (Å²) in [5, 5.41) is 6.45. The van der Waals surface area contributed by atoms with Crippen molar-refractivity contribution in [3.63, 3.8) is 0 Å². The second kappa shape index (κ2) is 10.1. The lowest BCUT2D eigenvalue weighted by atomic mass is 10.0. The molecule has 0 atom stereocenters. The highest BCUT2D eigenvalue weighted by molar-refractivity contribution is 6.06. The number of amides is 2. The van der Waals surface area contributed by atoms with Crippen molar-refractivity contribution in [1.29, 1.82) is 0 Å². The average Bonchev–Trinajstić information content (AvgIpc) is 3.28. The van der Waals surface area contributed by atoms with E-state index >= 15 is 0 Å². The second-order valence-electron chi connectivity index (χ2n) is 8.16. The number of benzene rings is 3. The van der Waals surface area contributed by atoms with Crippen molar-refractivity contribution in [2.24, 2.45) is 0 Å². The summed E-state index contributed by atoms with van der Waals surface area (Å²) < 4.78 is 11.0. The number of rotatable bonds is 7. The molecule has 0 spiro atoms. The molecule has 1 aromatic heterocycles. The predicted molar refractivity (Wildman–Crippen MR) is 135 cm³/mol. The van der Waals surface area contributed by atoms with Gasteiger partial charge in [0.2, 0.25) is 5.91 Å². The highest BCUT2D eigenvalue weighted by atomic mass is 16.5. The molecule has 0 saturated heterocycles. The minimum Gasteiger partial charge on any atom is -0.494 e. The maximum atomic E-state index is 12.7. The summed E-state index contributed by atoms with van der Waals surface area (Å²) in [7, 11) is 1.50. The molecule has 3 aromatic carbocycles. The molecule has 4 aromatic rings. The molecule has 4 rings (SSSR count). The zero-order valence-electron chi connectivity index (χ0n) is 19.3. The minimum atomic E-state index is -0.391. The van der Waals surface area contributed by atoms with E-state index in [-0.39, 0.29) is 11.7 Å². The van der Waals surface area contributed by atoms with Gasteiger partial charge in [0.25, 0.3) is 5.91 Å². The zero-order valence-corrected chi connectivity index (χ0v) is 19.3. The normalized spacial score (nSPS) is 11.2. The Balaban J connectivity index is 1.41. The summed E-state index contributed by atoms with van der Waals surface area (Å²) in [5.74, 6) is 0.414. The lowest BCUT2D eigenvalue weighted by Crippen LogP contribution is -2.12. The number of nitrogens with one attached hydrogen (secondary N) is 2. The van der Waals surface area contributed by atoms with Crippen molar-refractivity contribution in [2.45, 2.75) is 19.8 Å². The molecule has 34 heavy (non-hydrogen) atoms. The van der Waals surface area contributed by atoms with Crippen molar-refractivity contribution in [3.8, 4) is 5.75 Å². The molecule has 0 aliphatic rings. The summed E-state index contributed by atoms with van der Waals surface area (Å²) in [4.78, 5) is 25.0. The van der Waals surface area contributed by atoms with E-state index in [1.165, 1.54) is 18.7 Å². The molecule has 0 saturated carbocycles. The van der Waals surface area contributed by atoms with E-state index < -0.39 is 5.91 Å². The molecule has 0 bridgehead atoms. The molecule has 6 heteroatoms. The van der Waals surface area contributed by atoms with E-state index in [1.54, 1.807) is 36.4 Å². The highest BCUT2D eigenvalue weighted by Gasteiger charge is 2.15. The molecule has 0 fully saturated rings. The van der Waals surface area contributed by atoms with Gasteiger partial charge in [-0.25, -0.2) is 0 Å². The predicted octanol–water partition coefficient (Wildman–Crippen LogP) is 6.47. The fourth-order valence-electron chi connectivity index (χ4n) is 3.50. The van der Waals surface area contributed by atoms with Gasteiger partial charge in [0.1, 0.15) is 11.3 Å². The Labute approximate surface area is 198 Å². The Bertz CT molecular complexity index is 1320. The van der Waals surface area contributed by atoms with Crippen LogP contribution >= 0.6 is 0 Å². The van der Waals surface area contributed by atoms with Crippen LogP contribution in [-0.4, -0.2) is 18.9 Å². The van der Waals surface area contributed by atoms with Gasteiger partial charge in [0.05, 0.1) is 12.8 Å². The van der Waals surface area contributed by atoms with E-state index in [9.17, 15) is 9.59 Å². The molecular formula is C28H26N2O4. The Morgan fingerprint density at radius 2 is 1.71 bits per heavy atom. The first-order valence-corrected chi connectivity index (χ1v) is 11.0. The van der Waals surface area contributed by atoms with Gasteiger partial charge in [-0.3, -0.25) is 9.59 Å². The number of ether oxygens (including phenoxy) is 1. The molecular weight excluding hydrogens is 428 g/mol. The number of hydrogen-bond donors (Lipinski definition) is 2. The quantitative estimate of drug-likeness (QED) is 0.314. The van der Waals surface area contributed by atoms with Crippen LogP contribution in [0.15, 0.2) is 83.3 Å². The number of fused-ring (bicyclic) bond motifs is 1. The topological polar surface area (TPSA) is 80.6 Å². The van der Waals surface area contributed by atoms with Crippen LogP contribution in [0.4, 0.5) is 11.4 Å². The third-order valence-corrected chi connectivity index (χ3v) is 5.40. The van der Waals surface area contributed by atoms with Crippen LogP contribution < -0.4 is 15.4 Å². The lowest BCUT2D eigenvalue weighted by Gasteiger charge is -2.11. The van der Waals surface area contributed by atoms with Crippen molar-refractivity contribution in [2.75, 3.05) is 17.7 Å². The van der Waals surface area contributed by atoms with Gasteiger partial charge in [0.15, 0.2) is 5.76 Å². The van der Waals surface area contributed by atoms with Crippen LogP contribution in [0, 0.1) is 0 Å². The number of anilines is 2. The maximum Gasteiger partial charge on any atom is 0.291 e. The van der Waals surface area contributed by atoms with Crippen LogP contribution in [0.25, 0.3) is 17.0 Å². The third-order valence-electron chi connectivity index (χ3n) is 5.40. The van der Waals surface area contributed by atoms with Crippen molar-refractivity contribution >= 4 is 40.2 Å². The van der Waals surface area contributed by atoms with Gasteiger partial charge >= 0.3 is 0 Å². The number of carbonyl (C=O) groups is 2. The lowest BCUT2D eigenvalue weighted by molar-refractivity contribution is -0.111. The molecule has 172 valence electrons. The Hall–Kier alpha value is -4.32. The van der Waals surface area contributed by atoms with Gasteiger partial charge < -0.3 is 19.8 Å². The Morgan fingerprint density at radius 3 is 2.41 bits per heavy atom. The molecule has 1 heterocycles. The summed E-state index contributed by atoms with van der Waals surface area (Å²) in [6.07, 6.45) is 3.24. The van der Waals surface area contributed by atoms with E-state index in [4.69, 9.17) is 9.15 Å². The number of hydrogen-bond acceptors (Lipinski definition) is 4. The SMILES string of the molecule is COc1cc(NC(=O)/C=C/c2ccc(C(C)C)cc2)ccc1NC(=O)c1cc2ccccc2o1. The van der Waals surface area contributed by atoms with Crippen LogP contribution in [0.3, 0.4) is 0 Å². The van der Waals surface area contributed by atoms with E-state index in [2.05, 4.69) is 36.6 Å². The zero-order chi connectivity index (χ0) is 24.1. The van der Waals surface area contributed by atoms with Crippen LogP contribution in [0.5, 0.6) is 5.75 Å². The molecule has 0 aliphatic carbocycles. The molecule has 2 N–H and O–H groups in total. The molecule has 0 unspecified atom stereocenters. The number of para-hydroxylation sites is 1. The third kappa shape index (κ3) is 5.35. The van der Waals surface area contributed by atoms with Gasteiger partial charge in [-0.2, -0.15) is 0 Å². The monoisotopic (exact) mass is 454 g/mol. The first-order valence-electron chi connectivity index (χ1n) is 11.0. The summed E-state index contributed by atoms with van der Waals surface area (Å²) in [5.41, 5.74) is 3.85. The minimum absolute atomic E-state index is 0.201. The summed E-state index contributed by atoms with van der Waals surface area (Å²) >= 11 is 0. The van der Waals surface area contributed by atoms with E-state index in [1.807, 2.05) is 30.3 Å². The Kier molecular flexibility index (Phi) is 6.78. The van der Waals surface area contributed by atoms with Crippen molar-refractivity contribution in [3.05, 3.63) is 95.8 Å². The van der Waals surface area contributed by atoms with Crippen molar-refractivity contribution < 1.29 is 18.7 Å². The van der Waals surface area contributed by atoms with Crippen LogP contribution in [0.1, 0.15) is 41.4 Å². The van der Waals surface area contributed by atoms with Crippen LogP contribution in [-0.2, 0) is 4.79 Å². The van der Waals surface area contributed by atoms with Gasteiger partial charge in [-0.05, 0) is 47.4 Å². The average molecular weight is 455 g/mol.